The lowest BCUT2D eigenvalue weighted by molar-refractivity contribution is 0.180. The van der Waals surface area contributed by atoms with Crippen LogP contribution in [0, 0.1) is 0 Å². The molecule has 0 aromatic rings. The standard InChI is InChI=1S/C24H57NO6Si3/c1-10-26-32(7,27-11-2)22-16-19-25(20-17-23-33(8,28-12-3)29-13-4)21-18-24-34(9,30-14-5)31-15-6/h10-24H2,1-9H3. The highest BCUT2D eigenvalue weighted by molar-refractivity contribution is 6.66. The topological polar surface area (TPSA) is 58.6 Å². The van der Waals surface area contributed by atoms with E-state index in [2.05, 4.69) is 66.1 Å². The zero-order valence-electron chi connectivity index (χ0n) is 24.0. The Morgan fingerprint density at radius 2 is 0.618 bits per heavy atom. The Morgan fingerprint density at radius 1 is 0.412 bits per heavy atom. The van der Waals surface area contributed by atoms with Crippen LogP contribution in [0.4, 0.5) is 0 Å². The van der Waals surface area contributed by atoms with E-state index in [4.69, 9.17) is 26.6 Å². The van der Waals surface area contributed by atoms with Crippen molar-refractivity contribution in [2.24, 2.45) is 0 Å². The third kappa shape index (κ3) is 15.5. The molecule has 0 atom stereocenters. The molecule has 0 N–H and O–H groups in total. The average molecular weight is 540 g/mol. The van der Waals surface area contributed by atoms with E-state index < -0.39 is 25.7 Å². The summed E-state index contributed by atoms with van der Waals surface area (Å²) in [5, 5.41) is 0. The second-order valence-electron chi connectivity index (χ2n) is 9.15. The normalized spacial score (nSPS) is 13.2. The summed E-state index contributed by atoms with van der Waals surface area (Å²) in [7, 11) is -6.22. The monoisotopic (exact) mass is 539 g/mol. The summed E-state index contributed by atoms with van der Waals surface area (Å²) in [6.07, 6.45) is 3.29. The van der Waals surface area contributed by atoms with Crippen molar-refractivity contribution in [3.05, 3.63) is 0 Å². The molecule has 206 valence electrons. The maximum atomic E-state index is 6.05. The molecular weight excluding hydrogens is 483 g/mol. The quantitative estimate of drug-likeness (QED) is 0.142. The minimum atomic E-state index is -2.07. The summed E-state index contributed by atoms with van der Waals surface area (Å²) < 4.78 is 36.3. The van der Waals surface area contributed by atoms with E-state index in [1.807, 2.05) is 0 Å². The zero-order chi connectivity index (χ0) is 25.9. The molecule has 0 aromatic carbocycles. The Bertz CT molecular complexity index is 405. The maximum absolute atomic E-state index is 6.05. The molecule has 0 aliphatic carbocycles. The van der Waals surface area contributed by atoms with Crippen molar-refractivity contribution < 1.29 is 26.6 Å². The lowest BCUT2D eigenvalue weighted by atomic mass is 10.3. The van der Waals surface area contributed by atoms with Crippen LogP contribution in [0.1, 0.15) is 60.8 Å². The van der Waals surface area contributed by atoms with Crippen LogP contribution in [0.15, 0.2) is 0 Å². The second kappa shape index (κ2) is 19.5. The first kappa shape index (κ1) is 34.4. The summed E-state index contributed by atoms with van der Waals surface area (Å²) in [6.45, 7) is 26.5. The molecule has 0 saturated carbocycles. The molecule has 0 saturated heterocycles. The lowest BCUT2D eigenvalue weighted by Crippen LogP contribution is -2.41. The highest BCUT2D eigenvalue weighted by Crippen LogP contribution is 2.20. The third-order valence-electron chi connectivity index (χ3n) is 6.01. The highest BCUT2D eigenvalue weighted by atomic mass is 28.4. The summed E-state index contributed by atoms with van der Waals surface area (Å²) in [4.78, 5) is 2.60. The molecule has 0 bridgehead atoms. The van der Waals surface area contributed by atoms with Crippen LogP contribution < -0.4 is 0 Å². The van der Waals surface area contributed by atoms with Gasteiger partial charge in [0.2, 0.25) is 0 Å². The van der Waals surface area contributed by atoms with Crippen molar-refractivity contribution in [1.82, 2.24) is 4.90 Å². The van der Waals surface area contributed by atoms with Crippen molar-refractivity contribution in [2.45, 2.75) is 98.6 Å². The molecule has 0 spiro atoms. The van der Waals surface area contributed by atoms with Crippen molar-refractivity contribution in [2.75, 3.05) is 59.3 Å². The van der Waals surface area contributed by atoms with Gasteiger partial charge in [0, 0.05) is 39.6 Å². The summed E-state index contributed by atoms with van der Waals surface area (Å²) >= 11 is 0. The zero-order valence-corrected chi connectivity index (χ0v) is 27.0. The van der Waals surface area contributed by atoms with E-state index in [9.17, 15) is 0 Å². The number of hydrogen-bond acceptors (Lipinski definition) is 7. The fourth-order valence-corrected chi connectivity index (χ4v) is 11.8. The first-order chi connectivity index (χ1) is 16.1. The van der Waals surface area contributed by atoms with E-state index in [0.717, 1.165) is 96.7 Å². The largest absolute Gasteiger partial charge is 0.395 e. The maximum Gasteiger partial charge on any atom is 0.334 e. The first-order valence-corrected chi connectivity index (χ1v) is 21.3. The highest BCUT2D eigenvalue weighted by Gasteiger charge is 2.33. The second-order valence-corrected chi connectivity index (χ2v) is 19.2. The molecule has 0 rings (SSSR count). The average Bonchev–Trinajstić information content (AvgIpc) is 2.74. The SMILES string of the molecule is CCO[Si](C)(CCCN(CCC[Si](C)(OCC)OCC)CCC[Si](C)(OCC)OCC)OCC. The molecule has 0 aliphatic heterocycles. The molecule has 34 heavy (non-hydrogen) atoms. The molecule has 0 heterocycles. The number of rotatable bonds is 24. The van der Waals surface area contributed by atoms with E-state index in [0.29, 0.717) is 0 Å². The van der Waals surface area contributed by atoms with Gasteiger partial charge in [-0.1, -0.05) is 0 Å². The first-order valence-electron chi connectivity index (χ1n) is 13.7. The van der Waals surface area contributed by atoms with Gasteiger partial charge >= 0.3 is 25.7 Å². The van der Waals surface area contributed by atoms with Crippen LogP contribution in [0.25, 0.3) is 0 Å². The molecule has 0 fully saturated rings. The van der Waals surface area contributed by atoms with Crippen LogP contribution in [0.3, 0.4) is 0 Å². The van der Waals surface area contributed by atoms with Gasteiger partial charge in [-0.05, 0) is 118 Å². The van der Waals surface area contributed by atoms with Gasteiger partial charge in [-0.25, -0.2) is 0 Å². The van der Waals surface area contributed by atoms with Crippen molar-refractivity contribution >= 4 is 25.7 Å². The van der Waals surface area contributed by atoms with Gasteiger partial charge in [-0.15, -0.1) is 0 Å². The Balaban J connectivity index is 4.99. The van der Waals surface area contributed by atoms with Crippen molar-refractivity contribution in [3.8, 4) is 0 Å². The summed E-state index contributed by atoms with van der Waals surface area (Å²) in [5.41, 5.74) is 0. The van der Waals surface area contributed by atoms with Crippen LogP contribution in [0.2, 0.25) is 37.8 Å². The van der Waals surface area contributed by atoms with Crippen molar-refractivity contribution in [3.63, 3.8) is 0 Å². The van der Waals surface area contributed by atoms with E-state index in [-0.39, 0.29) is 0 Å². The van der Waals surface area contributed by atoms with Gasteiger partial charge in [-0.2, -0.15) is 0 Å². The number of hydrogen-bond donors (Lipinski definition) is 0. The lowest BCUT2D eigenvalue weighted by Gasteiger charge is -2.30. The molecule has 0 amide bonds. The van der Waals surface area contributed by atoms with Crippen molar-refractivity contribution in [1.29, 1.82) is 0 Å². The van der Waals surface area contributed by atoms with Crippen LogP contribution >= 0.6 is 0 Å². The molecule has 0 aliphatic rings. The van der Waals surface area contributed by atoms with Gasteiger partial charge < -0.3 is 31.5 Å². The van der Waals surface area contributed by atoms with Gasteiger partial charge in [0.15, 0.2) is 0 Å². The third-order valence-corrected chi connectivity index (χ3v) is 15.2. The number of nitrogens with zero attached hydrogens (tertiary/aromatic N) is 1. The summed E-state index contributed by atoms with van der Waals surface area (Å²) in [6, 6.07) is 3.08. The fourth-order valence-electron chi connectivity index (χ4n) is 4.60. The predicted octanol–water partition coefficient (Wildman–Crippen LogP) is 5.89. The summed E-state index contributed by atoms with van der Waals surface area (Å²) in [5.74, 6) is 0. The fraction of sp³-hybridized carbons (Fsp3) is 1.00. The van der Waals surface area contributed by atoms with E-state index >= 15 is 0 Å². The Morgan fingerprint density at radius 3 is 0.794 bits per heavy atom. The molecular formula is C24H57NO6Si3. The van der Waals surface area contributed by atoms with E-state index in [1.165, 1.54) is 0 Å². The van der Waals surface area contributed by atoms with Gasteiger partial charge in [0.05, 0.1) is 0 Å². The molecule has 7 nitrogen and oxygen atoms in total. The van der Waals surface area contributed by atoms with Crippen LogP contribution in [0.5, 0.6) is 0 Å². The molecule has 0 unspecified atom stereocenters. The minimum Gasteiger partial charge on any atom is -0.395 e. The predicted molar refractivity (Wildman–Crippen MR) is 149 cm³/mol. The van der Waals surface area contributed by atoms with Crippen LogP contribution in [-0.4, -0.2) is 89.9 Å². The van der Waals surface area contributed by atoms with Gasteiger partial charge in [0.25, 0.3) is 0 Å². The van der Waals surface area contributed by atoms with Gasteiger partial charge in [0.1, 0.15) is 0 Å². The molecule has 0 aromatic heterocycles. The Hall–Kier alpha value is 0.371. The molecule has 10 heteroatoms. The van der Waals surface area contributed by atoms with Crippen LogP contribution in [-0.2, 0) is 26.6 Å². The smallest absolute Gasteiger partial charge is 0.334 e. The molecule has 0 radical (unpaired) electrons. The van der Waals surface area contributed by atoms with Gasteiger partial charge in [-0.3, -0.25) is 0 Å². The minimum absolute atomic E-state index is 0.725. The Kier molecular flexibility index (Phi) is 19.7. The van der Waals surface area contributed by atoms with E-state index in [1.54, 1.807) is 0 Å². The Labute approximate surface area is 214 Å².